The van der Waals surface area contributed by atoms with E-state index in [1.807, 2.05) is 22.6 Å². The lowest BCUT2D eigenvalue weighted by Gasteiger charge is -2.12. The third-order valence-electron chi connectivity index (χ3n) is 1.72. The van der Waals surface area contributed by atoms with Gasteiger partial charge in [-0.3, -0.25) is 4.98 Å². The maximum atomic E-state index is 12.7. The van der Waals surface area contributed by atoms with Crippen molar-refractivity contribution in [1.29, 1.82) is 0 Å². The Balaban J connectivity index is 3.36. The summed E-state index contributed by atoms with van der Waals surface area (Å²) in [5, 5.41) is 0. The first-order chi connectivity index (χ1) is 6.61. The Bertz CT molecular complexity index is 333. The van der Waals surface area contributed by atoms with Gasteiger partial charge >= 0.3 is 0 Å². The monoisotopic (exact) mass is 314 g/mol. The molecule has 0 aliphatic carbocycles. The highest BCUT2D eigenvalue weighted by Gasteiger charge is 2.21. The van der Waals surface area contributed by atoms with Crippen molar-refractivity contribution in [2.75, 3.05) is 7.11 Å². The predicted octanol–water partition coefficient (Wildman–Crippen LogP) is 2.09. The first kappa shape index (κ1) is 11.6. The molecule has 1 aromatic rings. The summed E-state index contributed by atoms with van der Waals surface area (Å²) in [6, 6.07) is 0. The van der Waals surface area contributed by atoms with Crippen molar-refractivity contribution in [2.24, 2.45) is 5.73 Å². The summed E-state index contributed by atoms with van der Waals surface area (Å²) in [4.78, 5) is 3.83. The van der Waals surface area contributed by atoms with Crippen LogP contribution >= 0.6 is 22.6 Å². The van der Waals surface area contributed by atoms with Gasteiger partial charge < -0.3 is 10.5 Å². The maximum Gasteiger partial charge on any atom is 0.269 e. The van der Waals surface area contributed by atoms with E-state index in [9.17, 15) is 8.78 Å². The van der Waals surface area contributed by atoms with E-state index >= 15 is 0 Å². The zero-order chi connectivity index (χ0) is 10.7. The molecule has 0 bridgehead atoms. The van der Waals surface area contributed by atoms with Gasteiger partial charge in [0.25, 0.3) is 6.43 Å². The van der Waals surface area contributed by atoms with E-state index in [4.69, 9.17) is 10.5 Å². The molecule has 6 heteroatoms. The number of hydrogen-bond donors (Lipinski definition) is 1. The lowest BCUT2D eigenvalue weighted by atomic mass is 10.2. The summed E-state index contributed by atoms with van der Waals surface area (Å²) in [5.41, 5.74) is 5.28. The Morgan fingerprint density at radius 3 is 2.71 bits per heavy atom. The van der Waals surface area contributed by atoms with Crippen LogP contribution in [0.25, 0.3) is 0 Å². The third kappa shape index (κ3) is 2.11. The predicted molar refractivity (Wildman–Crippen MR) is 56.4 cm³/mol. The van der Waals surface area contributed by atoms with Gasteiger partial charge in [-0.2, -0.15) is 0 Å². The van der Waals surface area contributed by atoms with Crippen molar-refractivity contribution < 1.29 is 13.5 Å². The van der Waals surface area contributed by atoms with Crippen molar-refractivity contribution in [3.05, 3.63) is 21.0 Å². The number of aromatic nitrogens is 1. The quantitative estimate of drug-likeness (QED) is 0.869. The van der Waals surface area contributed by atoms with Crippen molar-refractivity contribution in [1.82, 2.24) is 4.98 Å². The highest BCUT2D eigenvalue weighted by Crippen LogP contribution is 2.34. The van der Waals surface area contributed by atoms with E-state index in [1.165, 1.54) is 13.3 Å². The number of hydrogen-bond acceptors (Lipinski definition) is 3. The van der Waals surface area contributed by atoms with Crippen molar-refractivity contribution in [3.63, 3.8) is 0 Å². The Kier molecular flexibility index (Phi) is 3.99. The van der Waals surface area contributed by atoms with Gasteiger partial charge in [0.2, 0.25) is 0 Å². The lowest BCUT2D eigenvalue weighted by Crippen LogP contribution is -2.08. The molecule has 1 rings (SSSR count). The van der Waals surface area contributed by atoms with Gasteiger partial charge in [0.15, 0.2) is 0 Å². The number of methoxy groups -OCH3 is 1. The maximum absolute atomic E-state index is 12.7. The van der Waals surface area contributed by atoms with Crippen LogP contribution in [0.5, 0.6) is 5.75 Å². The van der Waals surface area contributed by atoms with Gasteiger partial charge in [-0.25, -0.2) is 8.78 Å². The fraction of sp³-hybridized carbons (Fsp3) is 0.375. The van der Waals surface area contributed by atoms with Crippen LogP contribution in [0.4, 0.5) is 8.78 Å². The van der Waals surface area contributed by atoms with E-state index in [-0.39, 0.29) is 23.6 Å². The van der Waals surface area contributed by atoms with Gasteiger partial charge in [-0.05, 0) is 22.6 Å². The van der Waals surface area contributed by atoms with Crippen LogP contribution in [0.2, 0.25) is 0 Å². The Morgan fingerprint density at radius 1 is 1.64 bits per heavy atom. The highest BCUT2D eigenvalue weighted by atomic mass is 127. The summed E-state index contributed by atoms with van der Waals surface area (Å²) in [6.45, 7) is -0.0209. The first-order valence-corrected chi connectivity index (χ1v) is 4.89. The van der Waals surface area contributed by atoms with Crippen LogP contribution in [0.1, 0.15) is 17.7 Å². The lowest BCUT2D eigenvalue weighted by molar-refractivity contribution is 0.145. The molecule has 0 saturated carbocycles. The summed E-state index contributed by atoms with van der Waals surface area (Å²) in [5.74, 6) is 0.163. The number of alkyl halides is 2. The van der Waals surface area contributed by atoms with Crippen LogP contribution in [0.15, 0.2) is 6.20 Å². The third-order valence-corrected chi connectivity index (χ3v) is 2.49. The van der Waals surface area contributed by atoms with Crippen LogP contribution in [-0.2, 0) is 6.54 Å². The fourth-order valence-corrected chi connectivity index (χ4v) is 1.77. The summed E-state index contributed by atoms with van der Waals surface area (Å²) >= 11 is 1.89. The van der Waals surface area contributed by atoms with E-state index in [0.717, 1.165) is 0 Å². The molecule has 0 fully saturated rings. The molecule has 78 valence electrons. The molecule has 0 unspecified atom stereocenters. The molecule has 0 saturated heterocycles. The van der Waals surface area contributed by atoms with E-state index < -0.39 is 6.43 Å². The standard InChI is InChI=1S/C8H9F2IN2O/c1-14-7-4(11)3-13-5(2-12)6(7)8(9)10/h3,8H,2,12H2,1H3. The molecule has 14 heavy (non-hydrogen) atoms. The van der Waals surface area contributed by atoms with Crippen LogP contribution in [-0.4, -0.2) is 12.1 Å². The molecule has 0 aromatic carbocycles. The molecule has 0 aliphatic heterocycles. The minimum absolute atomic E-state index is 0.0209. The summed E-state index contributed by atoms with van der Waals surface area (Å²) in [7, 11) is 1.35. The molecule has 1 aromatic heterocycles. The number of halogens is 3. The number of nitrogens with two attached hydrogens (primary N) is 1. The van der Waals surface area contributed by atoms with Gasteiger partial charge in [0.1, 0.15) is 5.75 Å². The molecule has 0 aliphatic rings. The molecule has 0 radical (unpaired) electrons. The molecule has 0 atom stereocenters. The van der Waals surface area contributed by atoms with Crippen LogP contribution < -0.4 is 10.5 Å². The van der Waals surface area contributed by atoms with Crippen molar-refractivity contribution in [2.45, 2.75) is 13.0 Å². The Labute approximate surface area is 93.8 Å². The van der Waals surface area contributed by atoms with Gasteiger partial charge in [0, 0.05) is 12.7 Å². The zero-order valence-electron chi connectivity index (χ0n) is 7.43. The van der Waals surface area contributed by atoms with E-state index in [0.29, 0.717) is 3.57 Å². The SMILES string of the molecule is COc1c(I)cnc(CN)c1C(F)F. The topological polar surface area (TPSA) is 48.1 Å². The molecule has 0 amide bonds. The second kappa shape index (κ2) is 4.83. The molecular weight excluding hydrogens is 305 g/mol. The highest BCUT2D eigenvalue weighted by molar-refractivity contribution is 14.1. The minimum Gasteiger partial charge on any atom is -0.495 e. The number of ether oxygens (including phenoxy) is 1. The minimum atomic E-state index is -2.62. The largest absolute Gasteiger partial charge is 0.495 e. The normalized spacial score (nSPS) is 10.7. The molecule has 1 heterocycles. The number of rotatable bonds is 3. The summed E-state index contributed by atoms with van der Waals surface area (Å²) < 4.78 is 30.8. The molecule has 3 nitrogen and oxygen atoms in total. The van der Waals surface area contributed by atoms with Gasteiger partial charge in [-0.1, -0.05) is 0 Å². The molecule has 2 N–H and O–H groups in total. The van der Waals surface area contributed by atoms with Crippen molar-refractivity contribution in [3.8, 4) is 5.75 Å². The zero-order valence-corrected chi connectivity index (χ0v) is 9.59. The smallest absolute Gasteiger partial charge is 0.269 e. The Morgan fingerprint density at radius 2 is 2.29 bits per heavy atom. The van der Waals surface area contributed by atoms with Crippen molar-refractivity contribution >= 4 is 22.6 Å². The van der Waals surface area contributed by atoms with Gasteiger partial charge in [0.05, 0.1) is 21.9 Å². The average Bonchev–Trinajstić information content (AvgIpc) is 2.17. The average molecular weight is 314 g/mol. The fourth-order valence-electron chi connectivity index (χ4n) is 1.12. The first-order valence-electron chi connectivity index (χ1n) is 3.81. The molecule has 0 spiro atoms. The van der Waals surface area contributed by atoms with E-state index in [2.05, 4.69) is 4.98 Å². The number of pyridine rings is 1. The van der Waals surface area contributed by atoms with Crippen LogP contribution in [0, 0.1) is 3.57 Å². The number of nitrogens with zero attached hydrogens (tertiary/aromatic N) is 1. The second-order valence-electron chi connectivity index (χ2n) is 2.50. The second-order valence-corrected chi connectivity index (χ2v) is 3.67. The van der Waals surface area contributed by atoms with Crippen LogP contribution in [0.3, 0.4) is 0 Å². The van der Waals surface area contributed by atoms with Gasteiger partial charge in [-0.15, -0.1) is 0 Å². The summed E-state index contributed by atoms with van der Waals surface area (Å²) in [6.07, 6.45) is -1.15. The molecular formula is C8H9F2IN2O. The Hall–Kier alpha value is -0.500. The van der Waals surface area contributed by atoms with E-state index in [1.54, 1.807) is 0 Å².